The molecule has 2 aliphatic carbocycles. The molecule has 0 aromatic heterocycles. The fourth-order valence-corrected chi connectivity index (χ4v) is 8.19. The Morgan fingerprint density at radius 3 is 1.67 bits per heavy atom. The van der Waals surface area contributed by atoms with Crippen molar-refractivity contribution in [3.63, 3.8) is 0 Å². The van der Waals surface area contributed by atoms with Crippen LogP contribution in [0.1, 0.15) is 60.4 Å². The van der Waals surface area contributed by atoms with Gasteiger partial charge in [0.15, 0.2) is 17.0 Å². The molecule has 0 bridgehead atoms. The number of fused-ring (bicyclic) bond motifs is 3. The van der Waals surface area contributed by atoms with E-state index in [1.165, 1.54) is 0 Å². The summed E-state index contributed by atoms with van der Waals surface area (Å²) >= 11 is 5.30. The van der Waals surface area contributed by atoms with Gasteiger partial charge in [-0.25, -0.2) is 13.4 Å². The van der Waals surface area contributed by atoms with Crippen LogP contribution in [0.4, 0.5) is 11.4 Å². The van der Waals surface area contributed by atoms with Crippen molar-refractivity contribution in [2.75, 3.05) is 17.3 Å². The van der Waals surface area contributed by atoms with Crippen molar-refractivity contribution in [1.82, 2.24) is 4.98 Å². The number of halogens is 3. The van der Waals surface area contributed by atoms with E-state index in [4.69, 9.17) is 12.6 Å². The quantitative estimate of drug-likeness (QED) is 0.112. The van der Waals surface area contributed by atoms with Gasteiger partial charge in [0.25, 0.3) is 15.7 Å². The van der Waals surface area contributed by atoms with Crippen LogP contribution in [-0.4, -0.2) is 67.7 Å². The number of carbonyl (C=O) groups is 2. The molecule has 0 spiro atoms. The van der Waals surface area contributed by atoms with Gasteiger partial charge in [-0.3, -0.25) is 23.7 Å². The predicted molar refractivity (Wildman–Crippen MR) is 268 cm³/mol. The third-order valence-electron chi connectivity index (χ3n) is 9.34. The summed E-state index contributed by atoms with van der Waals surface area (Å²) in [4.78, 5) is 54.5. The largest absolute Gasteiger partial charge is 0.506 e. The van der Waals surface area contributed by atoms with Gasteiger partial charge in [-0.15, -0.1) is 12.6 Å². The summed E-state index contributed by atoms with van der Waals surface area (Å²) in [6, 6.07) is 31.4. The molecule has 1 aliphatic heterocycles. The molecule has 0 radical (unpaired) electrons. The predicted octanol–water partition coefficient (Wildman–Crippen LogP) is 4.63. The van der Waals surface area contributed by atoms with E-state index in [-0.39, 0.29) is 67.1 Å². The number of benzene rings is 5. The molecule has 0 atom stereocenters. The summed E-state index contributed by atoms with van der Waals surface area (Å²) in [7, 11) is -11.1. The zero-order valence-electron chi connectivity index (χ0n) is 35.7. The zero-order valence-corrected chi connectivity index (χ0v) is 44.6. The van der Waals surface area contributed by atoms with Crippen LogP contribution in [0.5, 0.6) is 0 Å². The third kappa shape index (κ3) is 13.8. The molecule has 1 heterocycles. The normalized spacial score (nSPS) is 12.4. The van der Waals surface area contributed by atoms with Crippen LogP contribution >= 0.6 is 37.2 Å². The smallest absolute Gasteiger partial charge is 0.425 e. The molecule has 66 heavy (non-hydrogen) atoms. The summed E-state index contributed by atoms with van der Waals surface area (Å²) in [5, 5.41) is 15.1. The average molecular weight is 1300 g/mol. The minimum atomic E-state index is -4.88. The topological polar surface area (TPSA) is 253 Å². The number of sulfone groups is 1. The van der Waals surface area contributed by atoms with Crippen LogP contribution in [0.25, 0.3) is 27.4 Å². The molecule has 0 unspecified atom stereocenters. The molecule has 0 amide bonds. The van der Waals surface area contributed by atoms with Gasteiger partial charge in [0.2, 0.25) is 0 Å². The molecule has 3 aliphatic rings. The van der Waals surface area contributed by atoms with E-state index in [0.29, 0.717) is 41.0 Å². The van der Waals surface area contributed by atoms with Gasteiger partial charge in [0.05, 0.1) is 33.5 Å². The minimum absolute atomic E-state index is 0.0411. The number of nitrogens with one attached hydrogen (secondary N) is 1. The first-order valence-electron chi connectivity index (χ1n) is 19.6. The van der Waals surface area contributed by atoms with Crippen LogP contribution in [0.3, 0.4) is 0 Å². The monoisotopic (exact) mass is 1290 g/mol. The number of rotatable bonds is 7. The van der Waals surface area contributed by atoms with Crippen LogP contribution < -0.4 is 34.8 Å². The fourth-order valence-electron chi connectivity index (χ4n) is 6.86. The number of hydrogen-bond acceptors (Lipinski definition) is 14. The van der Waals surface area contributed by atoms with Crippen molar-refractivity contribution in [3.8, 4) is 0 Å². The Balaban J connectivity index is 0.000000342. The van der Waals surface area contributed by atoms with Crippen molar-refractivity contribution in [2.45, 2.75) is 39.0 Å². The first-order valence-corrected chi connectivity index (χ1v) is 36.6. The maximum absolute atomic E-state index is 13.9. The number of aliphatic hydroxyl groups excluding tert-OH is 1. The van der Waals surface area contributed by atoms with Crippen LogP contribution in [0.15, 0.2) is 130 Å². The van der Waals surface area contributed by atoms with Crippen molar-refractivity contribution < 1.29 is 62.0 Å². The molecule has 0 saturated carbocycles. The Hall–Kier alpha value is -4.54. The van der Waals surface area contributed by atoms with E-state index in [9.17, 15) is 45.7 Å². The number of para-hydroxylation sites is 1. The van der Waals surface area contributed by atoms with Crippen molar-refractivity contribution in [1.29, 1.82) is 0 Å². The number of Topliss-reactive ketones (excluding diaryl/α,β-unsaturated/α-hetero) is 2. The van der Waals surface area contributed by atoms with Crippen LogP contribution in [-0.2, 0) is 30.6 Å². The Morgan fingerprint density at radius 1 is 0.727 bits per heavy atom. The van der Waals surface area contributed by atoms with E-state index in [1.807, 2.05) is 27.7 Å². The van der Waals surface area contributed by atoms with Gasteiger partial charge >= 0.3 is 61.1 Å². The van der Waals surface area contributed by atoms with Crippen molar-refractivity contribution in [3.05, 3.63) is 168 Å². The Morgan fingerprint density at radius 2 is 1.18 bits per heavy atom. The maximum Gasteiger partial charge on any atom is 0.425 e. The second-order valence-electron chi connectivity index (χ2n) is 13.2. The molecule has 0 fully saturated rings. The van der Waals surface area contributed by atoms with Gasteiger partial charge in [-0.1, -0.05) is 125 Å². The fraction of sp³-hybridized carbons (Fsp3) is 0.178. The first-order chi connectivity index (χ1) is 31.3. The second kappa shape index (κ2) is 25.6. The number of hydrogen-bond donors (Lipinski definition) is 3. The first kappa shape index (κ1) is 55.8. The zero-order chi connectivity index (χ0) is 49.5. The molecule has 0 saturated heterocycles. The molecular formula is C45H42I3N2O13S3-. The average Bonchev–Trinajstić information content (AvgIpc) is 3.53. The summed E-state index contributed by atoms with van der Waals surface area (Å²) in [6.07, 6.45) is 1.18. The molecule has 5 aromatic rings. The molecule has 5 aromatic carbocycles. The SMILES string of the molecule is CC.CC.CS(=O)(=O)CCC1C(=O)c2ccccc2C1=O.I[I-]I.O=S(=O)=O.O=c1nc2c(S(=O)(=O)O)cc(Nc3ccccc3)c3c2=c(c1=C(O)c1ccccc1)c1ccccc1c3=O. The number of nitrogens with zero attached hydrogens (tertiary/aromatic N) is 1. The van der Waals surface area contributed by atoms with Gasteiger partial charge in [0, 0.05) is 44.5 Å². The molecular weight excluding hydrogens is 1250 g/mol. The van der Waals surface area contributed by atoms with E-state index in [0.717, 1.165) is 12.3 Å². The summed E-state index contributed by atoms with van der Waals surface area (Å²) in [5.74, 6) is -1.83. The Labute approximate surface area is 411 Å². The van der Waals surface area contributed by atoms with E-state index >= 15 is 0 Å². The third-order valence-corrected chi connectivity index (χ3v) is 11.2. The van der Waals surface area contributed by atoms with Crippen LogP contribution in [0, 0.1) is 16.4 Å². The summed E-state index contributed by atoms with van der Waals surface area (Å²) < 4.78 is 82.6. The number of anilines is 2. The number of ketones is 2. The van der Waals surface area contributed by atoms with Gasteiger partial charge < -0.3 is 10.4 Å². The van der Waals surface area contributed by atoms with Gasteiger partial charge in [-0.05, 0) is 30.0 Å². The molecule has 8 rings (SSSR count). The number of carbonyl (C=O) groups excluding carboxylic acids is 2. The van der Waals surface area contributed by atoms with Crippen molar-refractivity contribution >= 4 is 118 Å². The Kier molecular flexibility index (Phi) is 21.6. The molecule has 350 valence electrons. The second-order valence-corrected chi connectivity index (χ2v) is 33.5. The van der Waals surface area contributed by atoms with E-state index < -0.39 is 52.4 Å². The number of aromatic nitrogens is 1. The van der Waals surface area contributed by atoms with Crippen LogP contribution in [0.2, 0.25) is 0 Å². The Bertz CT molecular complexity index is 3400. The molecule has 15 nitrogen and oxygen atoms in total. The molecule has 3 N–H and O–H groups in total. The summed E-state index contributed by atoms with van der Waals surface area (Å²) in [5.41, 5.74) is 0.140. The number of aliphatic hydroxyl groups is 1. The standard InChI is InChI=1S/C29H18N2O6S.C12H12O4S.2C2H6.I3.O3S/c32-27(16-9-3-1-4-10-16)25-22-18-13-7-8-14-19(18)28(33)23-20(30-17-11-5-2-6-12-17)15-21(38(35,36)37)26(24(22)23)31-29(25)34;1-17(15,16)7-6-10-11(13)8-4-2-3-5-9(8)12(10)14;2*1-2;1-3-2;1-4(2)3/h1-15,30,32H,(H,35,36,37);2-5,10H,6-7H2,1H3;2*1-2H3;;/q;;;;-1;. The van der Waals surface area contributed by atoms with Crippen molar-refractivity contribution in [2.24, 2.45) is 5.92 Å². The maximum atomic E-state index is 13.9. The van der Waals surface area contributed by atoms with Gasteiger partial charge in [-0.2, -0.15) is 8.42 Å². The van der Waals surface area contributed by atoms with Gasteiger partial charge in [0.1, 0.15) is 20.5 Å². The van der Waals surface area contributed by atoms with E-state index in [2.05, 4.69) is 47.5 Å². The summed E-state index contributed by atoms with van der Waals surface area (Å²) in [6.45, 7) is 8.00. The minimum Gasteiger partial charge on any atom is -0.506 e. The molecule has 21 heteroatoms. The van der Waals surface area contributed by atoms with E-state index in [1.54, 1.807) is 109 Å².